The van der Waals surface area contributed by atoms with Gasteiger partial charge >= 0.3 is 0 Å². The molecule has 0 amide bonds. The van der Waals surface area contributed by atoms with E-state index in [0.29, 0.717) is 18.4 Å². The van der Waals surface area contributed by atoms with Crippen LogP contribution in [0.4, 0.5) is 0 Å². The molecule has 28 heavy (non-hydrogen) atoms. The van der Waals surface area contributed by atoms with Crippen LogP contribution in [0.2, 0.25) is 0 Å². The predicted octanol–water partition coefficient (Wildman–Crippen LogP) is 0.140. The number of hydrogen-bond donors (Lipinski definition) is 3. The molecule has 1 saturated heterocycles. The van der Waals surface area contributed by atoms with Crippen molar-refractivity contribution in [1.29, 1.82) is 0 Å². The van der Waals surface area contributed by atoms with Crippen molar-refractivity contribution in [3.8, 4) is 0 Å². The molecule has 0 bridgehead atoms. The number of aromatic nitrogens is 1. The van der Waals surface area contributed by atoms with E-state index in [4.69, 9.17) is 4.74 Å². The number of nitrogens with zero attached hydrogens (tertiary/aromatic N) is 1. The van der Waals surface area contributed by atoms with Crippen LogP contribution >= 0.6 is 0 Å². The smallest absolute Gasteiger partial charge is 0.292 e. The third-order valence-electron chi connectivity index (χ3n) is 5.41. The minimum Gasteiger partial charge on any atom is -0.394 e. The molecule has 146 valence electrons. The third kappa shape index (κ3) is 3.38. The lowest BCUT2D eigenvalue weighted by Crippen LogP contribution is -2.46. The number of ketones is 2. The second-order valence-corrected chi connectivity index (χ2v) is 7.28. The summed E-state index contributed by atoms with van der Waals surface area (Å²) in [5.74, 6) is 0.0424. The van der Waals surface area contributed by atoms with Gasteiger partial charge in [0.2, 0.25) is 0 Å². The molecule has 1 aliphatic carbocycles. The number of hydrogen-bond acceptors (Lipinski definition) is 6. The van der Waals surface area contributed by atoms with Gasteiger partial charge in [-0.25, -0.2) is 0 Å². The van der Waals surface area contributed by atoms with Gasteiger partial charge in [-0.05, 0) is 23.6 Å². The zero-order valence-corrected chi connectivity index (χ0v) is 15.2. The molecular formula is C21H22NO6+. The molecule has 1 fully saturated rings. The minimum atomic E-state index is -1.21. The maximum atomic E-state index is 12.7. The van der Waals surface area contributed by atoms with E-state index in [0.717, 1.165) is 16.7 Å². The summed E-state index contributed by atoms with van der Waals surface area (Å²) in [6, 6.07) is 8.86. The molecule has 7 heteroatoms. The fourth-order valence-electron chi connectivity index (χ4n) is 3.85. The topological polar surface area (TPSA) is 108 Å². The number of ether oxygens (including phenoxy) is 1. The van der Waals surface area contributed by atoms with Crippen molar-refractivity contribution < 1.29 is 34.2 Å². The number of fused-ring (bicyclic) bond motifs is 1. The van der Waals surface area contributed by atoms with E-state index in [9.17, 15) is 24.9 Å². The Hall–Kier alpha value is -2.45. The van der Waals surface area contributed by atoms with Crippen LogP contribution in [0, 0.1) is 0 Å². The largest absolute Gasteiger partial charge is 0.394 e. The lowest BCUT2D eigenvalue weighted by molar-refractivity contribution is -0.765. The van der Waals surface area contributed by atoms with Crippen molar-refractivity contribution >= 4 is 11.6 Å². The summed E-state index contributed by atoms with van der Waals surface area (Å²) < 4.78 is 7.03. The van der Waals surface area contributed by atoms with E-state index in [-0.39, 0.29) is 18.0 Å². The highest BCUT2D eigenvalue weighted by molar-refractivity contribution is 6.01. The van der Waals surface area contributed by atoms with Gasteiger partial charge in [-0.15, -0.1) is 0 Å². The first kappa shape index (κ1) is 18.9. The molecule has 0 saturated carbocycles. The standard InChI is InChI=1S/C21H22NO6/c23-11-18-19(26)20(27)21(28-18)22-7-1-2-14(10-22)17(25)9-12-3-5-15-13(8-12)4-6-16(15)24/h1-3,5,7-8,10,18-21,23,26-27H,4,6,9,11H2/q+1/t18-,19-,20-,21-/m1/s1. The van der Waals surface area contributed by atoms with Gasteiger partial charge in [0.05, 0.1) is 12.2 Å². The van der Waals surface area contributed by atoms with Crippen molar-refractivity contribution in [3.05, 3.63) is 65.0 Å². The molecule has 1 aliphatic heterocycles. The monoisotopic (exact) mass is 384 g/mol. The van der Waals surface area contributed by atoms with E-state index < -0.39 is 31.1 Å². The Morgan fingerprint density at radius 2 is 2.00 bits per heavy atom. The number of carbonyl (C=O) groups is 2. The Morgan fingerprint density at radius 1 is 1.18 bits per heavy atom. The second kappa shape index (κ2) is 7.52. The molecule has 4 rings (SSSR count). The zero-order valence-electron chi connectivity index (χ0n) is 15.2. The molecule has 2 heterocycles. The van der Waals surface area contributed by atoms with E-state index in [1.165, 1.54) is 4.57 Å². The van der Waals surface area contributed by atoms with Crippen LogP contribution < -0.4 is 4.57 Å². The van der Waals surface area contributed by atoms with Crippen LogP contribution in [0.1, 0.15) is 44.5 Å². The number of aliphatic hydroxyl groups is 3. The van der Waals surface area contributed by atoms with Crippen molar-refractivity contribution in [2.24, 2.45) is 0 Å². The first-order valence-electron chi connectivity index (χ1n) is 9.29. The van der Waals surface area contributed by atoms with E-state index in [1.54, 1.807) is 30.6 Å². The maximum Gasteiger partial charge on any atom is 0.292 e. The summed E-state index contributed by atoms with van der Waals surface area (Å²) in [4.78, 5) is 24.5. The molecule has 2 aromatic rings. The number of rotatable bonds is 5. The molecule has 3 N–H and O–H groups in total. The summed E-state index contributed by atoms with van der Waals surface area (Å²) in [7, 11) is 0. The summed E-state index contributed by atoms with van der Waals surface area (Å²) in [5.41, 5.74) is 3.03. The van der Waals surface area contributed by atoms with E-state index >= 15 is 0 Å². The number of benzene rings is 1. The number of aryl methyl sites for hydroxylation is 1. The molecule has 0 spiro atoms. The molecular weight excluding hydrogens is 362 g/mol. The number of aliphatic hydroxyl groups excluding tert-OH is 3. The Labute approximate surface area is 161 Å². The number of carbonyl (C=O) groups excluding carboxylic acids is 2. The zero-order chi connectivity index (χ0) is 19.8. The molecule has 0 radical (unpaired) electrons. The Balaban J connectivity index is 1.52. The third-order valence-corrected chi connectivity index (χ3v) is 5.41. The molecule has 1 aromatic heterocycles. The minimum absolute atomic E-state index is 0.106. The first-order chi connectivity index (χ1) is 13.5. The van der Waals surface area contributed by atoms with Gasteiger partial charge in [0, 0.05) is 24.5 Å². The molecule has 1 aromatic carbocycles. The van der Waals surface area contributed by atoms with E-state index in [1.807, 2.05) is 12.1 Å². The summed E-state index contributed by atoms with van der Waals surface area (Å²) in [6.45, 7) is -0.408. The van der Waals surface area contributed by atoms with E-state index in [2.05, 4.69) is 0 Å². The van der Waals surface area contributed by atoms with Crippen LogP contribution in [0.15, 0.2) is 42.7 Å². The van der Waals surface area contributed by atoms with Crippen LogP contribution in [0.25, 0.3) is 0 Å². The van der Waals surface area contributed by atoms with Gasteiger partial charge in [0.15, 0.2) is 30.1 Å². The van der Waals surface area contributed by atoms with Crippen molar-refractivity contribution in [1.82, 2.24) is 0 Å². The van der Waals surface area contributed by atoms with Crippen molar-refractivity contribution in [3.63, 3.8) is 0 Å². The first-order valence-corrected chi connectivity index (χ1v) is 9.29. The molecule has 0 unspecified atom stereocenters. The normalized spacial score (nSPS) is 26.5. The molecule has 7 nitrogen and oxygen atoms in total. The highest BCUT2D eigenvalue weighted by atomic mass is 16.6. The fraction of sp³-hybridized carbons (Fsp3) is 0.381. The average molecular weight is 384 g/mol. The summed E-state index contributed by atoms with van der Waals surface area (Å²) in [6.07, 6.45) is 0.478. The van der Waals surface area contributed by atoms with Crippen LogP contribution in [0.3, 0.4) is 0 Å². The number of pyridine rings is 1. The van der Waals surface area contributed by atoms with Crippen molar-refractivity contribution in [2.75, 3.05) is 6.61 Å². The lowest BCUT2D eigenvalue weighted by Gasteiger charge is -2.10. The second-order valence-electron chi connectivity index (χ2n) is 7.28. The van der Waals surface area contributed by atoms with Crippen LogP contribution in [-0.4, -0.2) is 51.8 Å². The van der Waals surface area contributed by atoms with Gasteiger partial charge in [-0.1, -0.05) is 18.2 Å². The van der Waals surface area contributed by atoms with Gasteiger partial charge in [-0.3, -0.25) is 9.59 Å². The molecule has 4 atom stereocenters. The van der Waals surface area contributed by atoms with Gasteiger partial charge in [0.25, 0.3) is 6.23 Å². The van der Waals surface area contributed by atoms with Crippen molar-refractivity contribution in [2.45, 2.75) is 43.8 Å². The number of Topliss-reactive ketones (excluding diaryl/α,β-unsaturated/α-hetero) is 2. The van der Waals surface area contributed by atoms with Crippen LogP contribution in [0.5, 0.6) is 0 Å². The Morgan fingerprint density at radius 3 is 2.75 bits per heavy atom. The lowest BCUT2D eigenvalue weighted by atomic mass is 10.00. The highest BCUT2D eigenvalue weighted by Crippen LogP contribution is 2.26. The summed E-state index contributed by atoms with van der Waals surface area (Å²) >= 11 is 0. The van der Waals surface area contributed by atoms with Crippen LogP contribution in [-0.2, 0) is 17.6 Å². The SMILES string of the molecule is O=C(Cc1ccc2c(c1)CCC2=O)c1ccc[n+]([C@@H]2O[C@H](CO)[C@@H](O)[C@H]2O)c1. The van der Waals surface area contributed by atoms with Gasteiger partial charge in [0.1, 0.15) is 12.2 Å². The predicted molar refractivity (Wildman–Crippen MR) is 96.8 cm³/mol. The molecule has 2 aliphatic rings. The highest BCUT2D eigenvalue weighted by Gasteiger charge is 2.48. The Bertz CT molecular complexity index is 927. The Kier molecular flexibility index (Phi) is 5.07. The van der Waals surface area contributed by atoms with Gasteiger partial charge < -0.3 is 20.1 Å². The fourth-order valence-corrected chi connectivity index (χ4v) is 3.85. The quantitative estimate of drug-likeness (QED) is 0.500. The maximum absolute atomic E-state index is 12.7. The van der Waals surface area contributed by atoms with Gasteiger partial charge in [-0.2, -0.15) is 4.57 Å². The average Bonchev–Trinajstić information content (AvgIpc) is 3.21. The summed E-state index contributed by atoms with van der Waals surface area (Å²) in [5, 5.41) is 29.3.